The Kier molecular flexibility index (Phi) is 7.80. The molecule has 0 spiro atoms. The SMILES string of the molecule is CC1(C)c2ccccc2-c2cc(-c3ccc(-c4nc(-c5ccccc5)nc(-c5cccc6oc7ccc(-c8ccc(-c9ccccc9)cc8)cc7c56)n4)cc3)ccc21. The smallest absolute Gasteiger partial charge is 0.164 e. The second-order valence-electron chi connectivity index (χ2n) is 15.6. The van der Waals surface area contributed by atoms with Crippen LogP contribution in [0.4, 0.5) is 0 Å². The van der Waals surface area contributed by atoms with Crippen LogP contribution in [-0.2, 0) is 5.41 Å². The average molecular weight is 744 g/mol. The van der Waals surface area contributed by atoms with Crippen LogP contribution in [0.3, 0.4) is 0 Å². The molecule has 0 saturated carbocycles. The van der Waals surface area contributed by atoms with Crippen LogP contribution in [0, 0.1) is 0 Å². The second kappa shape index (κ2) is 13.4. The zero-order valence-electron chi connectivity index (χ0n) is 32.1. The summed E-state index contributed by atoms with van der Waals surface area (Å²) in [6, 6.07) is 66.1. The summed E-state index contributed by atoms with van der Waals surface area (Å²) in [6.07, 6.45) is 0. The summed E-state index contributed by atoms with van der Waals surface area (Å²) < 4.78 is 6.45. The molecule has 0 N–H and O–H groups in total. The predicted molar refractivity (Wildman–Crippen MR) is 237 cm³/mol. The van der Waals surface area contributed by atoms with Gasteiger partial charge in [0.1, 0.15) is 11.2 Å². The molecule has 1 aliphatic rings. The first-order valence-electron chi connectivity index (χ1n) is 19.8. The quantitative estimate of drug-likeness (QED) is 0.170. The predicted octanol–water partition coefficient (Wildman–Crippen LogP) is 14.1. The van der Waals surface area contributed by atoms with E-state index in [1.807, 2.05) is 48.5 Å². The van der Waals surface area contributed by atoms with Gasteiger partial charge in [-0.15, -0.1) is 0 Å². The standard InChI is InChI=1S/C54H37N3O/c1-54(2)46-18-10-9-16-42(46)44-32-40(28-30-47(44)54)37-24-26-39(27-25-37)52-55-51(38-14-7-4-8-15-38)56-53(57-52)43-17-11-19-49-50(43)45-33-41(29-31-48(45)58-49)36-22-20-35(21-23-36)34-12-5-3-6-13-34/h3-33H,1-2H3. The highest BCUT2D eigenvalue weighted by molar-refractivity contribution is 6.12. The molecule has 2 aromatic heterocycles. The Morgan fingerprint density at radius 2 is 0.828 bits per heavy atom. The van der Waals surface area contributed by atoms with Crippen LogP contribution in [0.25, 0.3) is 101 Å². The molecule has 1 aliphatic carbocycles. The first-order chi connectivity index (χ1) is 28.5. The molecular formula is C54H37N3O. The minimum Gasteiger partial charge on any atom is -0.456 e. The molecule has 4 heteroatoms. The van der Waals surface area contributed by atoms with Crippen molar-refractivity contribution in [2.24, 2.45) is 0 Å². The molecule has 11 rings (SSSR count). The van der Waals surface area contributed by atoms with Crippen LogP contribution in [0.1, 0.15) is 25.0 Å². The van der Waals surface area contributed by atoms with Gasteiger partial charge in [0.15, 0.2) is 17.5 Å². The lowest BCUT2D eigenvalue weighted by atomic mass is 9.82. The molecule has 4 nitrogen and oxygen atoms in total. The highest BCUT2D eigenvalue weighted by atomic mass is 16.3. The lowest BCUT2D eigenvalue weighted by Gasteiger charge is -2.21. The fourth-order valence-electron chi connectivity index (χ4n) is 8.73. The summed E-state index contributed by atoms with van der Waals surface area (Å²) in [5.41, 5.74) is 16.7. The Labute approximate surface area is 337 Å². The van der Waals surface area contributed by atoms with E-state index in [4.69, 9.17) is 19.4 Å². The van der Waals surface area contributed by atoms with Crippen molar-refractivity contribution in [3.63, 3.8) is 0 Å². The van der Waals surface area contributed by atoms with E-state index in [1.54, 1.807) is 0 Å². The Morgan fingerprint density at radius 3 is 1.53 bits per heavy atom. The van der Waals surface area contributed by atoms with Crippen molar-refractivity contribution in [2.75, 3.05) is 0 Å². The van der Waals surface area contributed by atoms with Gasteiger partial charge in [-0.25, -0.2) is 15.0 Å². The van der Waals surface area contributed by atoms with Gasteiger partial charge in [0.2, 0.25) is 0 Å². The van der Waals surface area contributed by atoms with E-state index in [0.717, 1.165) is 55.3 Å². The molecule has 0 unspecified atom stereocenters. The van der Waals surface area contributed by atoms with Crippen molar-refractivity contribution in [3.05, 3.63) is 199 Å². The van der Waals surface area contributed by atoms with Crippen LogP contribution in [0.5, 0.6) is 0 Å². The zero-order chi connectivity index (χ0) is 38.8. The Bertz CT molecular complexity index is 3160. The Hall–Kier alpha value is -7.43. The van der Waals surface area contributed by atoms with Gasteiger partial charge in [0.25, 0.3) is 0 Å². The molecule has 0 amide bonds. The Balaban J connectivity index is 0.999. The van der Waals surface area contributed by atoms with Crippen molar-refractivity contribution < 1.29 is 4.42 Å². The summed E-state index contributed by atoms with van der Waals surface area (Å²) in [6.45, 7) is 4.63. The molecule has 8 aromatic carbocycles. The summed E-state index contributed by atoms with van der Waals surface area (Å²) >= 11 is 0. The van der Waals surface area contributed by atoms with Gasteiger partial charge < -0.3 is 4.42 Å². The van der Waals surface area contributed by atoms with E-state index in [2.05, 4.69) is 153 Å². The topological polar surface area (TPSA) is 51.8 Å². The second-order valence-corrected chi connectivity index (χ2v) is 15.6. The number of fused-ring (bicyclic) bond motifs is 6. The van der Waals surface area contributed by atoms with Crippen molar-refractivity contribution in [2.45, 2.75) is 19.3 Å². The van der Waals surface area contributed by atoms with Crippen molar-refractivity contribution in [1.29, 1.82) is 0 Å². The molecule has 2 heterocycles. The van der Waals surface area contributed by atoms with Crippen molar-refractivity contribution >= 4 is 21.9 Å². The Morgan fingerprint density at radius 1 is 0.345 bits per heavy atom. The monoisotopic (exact) mass is 743 g/mol. The molecule has 0 aliphatic heterocycles. The van der Waals surface area contributed by atoms with Gasteiger partial charge in [-0.05, 0) is 79.9 Å². The molecule has 10 aromatic rings. The van der Waals surface area contributed by atoms with E-state index < -0.39 is 0 Å². The number of benzene rings is 8. The maximum atomic E-state index is 6.45. The third-order valence-electron chi connectivity index (χ3n) is 11.8. The molecule has 0 radical (unpaired) electrons. The molecule has 0 fully saturated rings. The van der Waals surface area contributed by atoms with E-state index in [9.17, 15) is 0 Å². The van der Waals surface area contributed by atoms with E-state index >= 15 is 0 Å². The zero-order valence-corrected chi connectivity index (χ0v) is 32.1. The number of hydrogen-bond donors (Lipinski definition) is 0. The van der Waals surface area contributed by atoms with Crippen LogP contribution in [-0.4, -0.2) is 15.0 Å². The van der Waals surface area contributed by atoms with Gasteiger partial charge in [-0.1, -0.05) is 178 Å². The van der Waals surface area contributed by atoms with Crippen LogP contribution >= 0.6 is 0 Å². The van der Waals surface area contributed by atoms with E-state index in [-0.39, 0.29) is 5.41 Å². The third kappa shape index (κ3) is 5.64. The molecule has 0 atom stereocenters. The fourth-order valence-corrected chi connectivity index (χ4v) is 8.73. The molecule has 0 bridgehead atoms. The van der Waals surface area contributed by atoms with Crippen LogP contribution in [0.2, 0.25) is 0 Å². The third-order valence-corrected chi connectivity index (χ3v) is 11.8. The summed E-state index contributed by atoms with van der Waals surface area (Å²) in [5.74, 6) is 1.83. The van der Waals surface area contributed by atoms with Gasteiger partial charge >= 0.3 is 0 Å². The molecule has 274 valence electrons. The highest BCUT2D eigenvalue weighted by Crippen LogP contribution is 2.49. The molecule has 58 heavy (non-hydrogen) atoms. The van der Waals surface area contributed by atoms with Gasteiger partial charge in [-0.2, -0.15) is 0 Å². The number of aromatic nitrogens is 3. The van der Waals surface area contributed by atoms with Crippen molar-refractivity contribution in [3.8, 4) is 78.7 Å². The van der Waals surface area contributed by atoms with Crippen LogP contribution < -0.4 is 0 Å². The van der Waals surface area contributed by atoms with E-state index in [1.165, 1.54) is 38.9 Å². The van der Waals surface area contributed by atoms with Crippen LogP contribution in [0.15, 0.2) is 192 Å². The number of rotatable bonds is 6. The van der Waals surface area contributed by atoms with Gasteiger partial charge in [0.05, 0.1) is 0 Å². The summed E-state index contributed by atoms with van der Waals surface area (Å²) in [7, 11) is 0. The molecule has 0 saturated heterocycles. The number of hydrogen-bond acceptors (Lipinski definition) is 4. The van der Waals surface area contributed by atoms with Crippen molar-refractivity contribution in [1.82, 2.24) is 15.0 Å². The van der Waals surface area contributed by atoms with Gasteiger partial charge in [-0.3, -0.25) is 0 Å². The first-order valence-corrected chi connectivity index (χ1v) is 19.8. The minimum absolute atomic E-state index is 0.0222. The highest BCUT2D eigenvalue weighted by Gasteiger charge is 2.35. The van der Waals surface area contributed by atoms with E-state index in [0.29, 0.717) is 17.5 Å². The number of nitrogens with zero attached hydrogens (tertiary/aromatic N) is 3. The fraction of sp³-hybridized carbons (Fsp3) is 0.0556. The maximum absolute atomic E-state index is 6.45. The van der Waals surface area contributed by atoms with Gasteiger partial charge in [0, 0.05) is 32.9 Å². The minimum atomic E-state index is -0.0222. The average Bonchev–Trinajstić information content (AvgIpc) is 3.78. The lowest BCUT2D eigenvalue weighted by Crippen LogP contribution is -2.14. The summed E-state index contributed by atoms with van der Waals surface area (Å²) in [5, 5.41) is 2.00. The maximum Gasteiger partial charge on any atom is 0.164 e. The summed E-state index contributed by atoms with van der Waals surface area (Å²) in [4.78, 5) is 15.4. The first kappa shape index (κ1) is 33.9. The largest absolute Gasteiger partial charge is 0.456 e. The normalized spacial score (nSPS) is 12.8. The molecular weight excluding hydrogens is 707 g/mol. The number of furan rings is 1. The lowest BCUT2D eigenvalue weighted by molar-refractivity contribution is 0.660.